The van der Waals surface area contributed by atoms with Crippen LogP contribution in [0.2, 0.25) is 0 Å². The molecule has 1 aromatic heterocycles. The Balaban J connectivity index is 1.89. The zero-order valence-corrected chi connectivity index (χ0v) is 13.6. The number of hydrogen-bond acceptors (Lipinski definition) is 4. The minimum absolute atomic E-state index is 0.227. The molecule has 2 saturated heterocycles. The zero-order valence-electron chi connectivity index (χ0n) is 13.6. The van der Waals surface area contributed by atoms with E-state index in [-0.39, 0.29) is 25.7 Å². The van der Waals surface area contributed by atoms with Gasteiger partial charge in [-0.15, -0.1) is 0 Å². The molecular formula is C15H20F3N3O3. The summed E-state index contributed by atoms with van der Waals surface area (Å²) in [5.74, 6) is -0.663. The number of aromatic nitrogens is 2. The first-order valence-corrected chi connectivity index (χ1v) is 7.93. The standard InChI is InChI=1S/C15H20F3N3O3/c1-3-21-7-11(12(19-21)15(16,17)18)13(22)20-6-10(2)24-14(8-20)4-5-23-9-14/h7,10H,3-6,8-9H2,1-2H3/t10-,14-/m1/s1. The first kappa shape index (κ1) is 17.2. The van der Waals surface area contributed by atoms with Gasteiger partial charge in [0.1, 0.15) is 5.60 Å². The molecule has 0 aromatic carbocycles. The molecule has 24 heavy (non-hydrogen) atoms. The highest BCUT2D eigenvalue weighted by atomic mass is 19.4. The van der Waals surface area contributed by atoms with E-state index in [1.807, 2.05) is 0 Å². The molecular weight excluding hydrogens is 327 g/mol. The average Bonchev–Trinajstić information content (AvgIpc) is 3.12. The van der Waals surface area contributed by atoms with Crippen LogP contribution in [0.25, 0.3) is 0 Å². The van der Waals surface area contributed by atoms with Gasteiger partial charge >= 0.3 is 6.18 Å². The number of aryl methyl sites for hydroxylation is 1. The minimum atomic E-state index is -4.67. The average molecular weight is 347 g/mol. The molecule has 1 spiro atoms. The van der Waals surface area contributed by atoms with Crippen molar-refractivity contribution in [1.82, 2.24) is 14.7 Å². The van der Waals surface area contributed by atoms with Crippen molar-refractivity contribution in [1.29, 1.82) is 0 Å². The molecule has 1 aromatic rings. The third kappa shape index (κ3) is 3.14. The maximum absolute atomic E-state index is 13.2. The van der Waals surface area contributed by atoms with Crippen molar-refractivity contribution in [2.75, 3.05) is 26.3 Å². The van der Waals surface area contributed by atoms with E-state index in [0.29, 0.717) is 19.6 Å². The van der Waals surface area contributed by atoms with Crippen LogP contribution in [-0.2, 0) is 22.2 Å². The van der Waals surface area contributed by atoms with Crippen LogP contribution in [0.5, 0.6) is 0 Å². The third-order valence-electron chi connectivity index (χ3n) is 4.35. The summed E-state index contributed by atoms with van der Waals surface area (Å²) in [6.45, 7) is 5.08. The van der Waals surface area contributed by atoms with Gasteiger partial charge in [-0.1, -0.05) is 0 Å². The summed E-state index contributed by atoms with van der Waals surface area (Å²) >= 11 is 0. The summed E-state index contributed by atoms with van der Waals surface area (Å²) in [7, 11) is 0. The van der Waals surface area contributed by atoms with Crippen LogP contribution in [0.3, 0.4) is 0 Å². The number of rotatable bonds is 2. The topological polar surface area (TPSA) is 56.6 Å². The summed E-state index contributed by atoms with van der Waals surface area (Å²) in [5, 5.41) is 3.51. The molecule has 3 rings (SSSR count). The highest BCUT2D eigenvalue weighted by molar-refractivity contribution is 5.95. The first-order valence-electron chi connectivity index (χ1n) is 7.93. The van der Waals surface area contributed by atoms with E-state index in [1.165, 1.54) is 11.1 Å². The number of halogens is 3. The lowest BCUT2D eigenvalue weighted by Gasteiger charge is -2.42. The number of nitrogens with zero attached hydrogens (tertiary/aromatic N) is 3. The van der Waals surface area contributed by atoms with Gasteiger partial charge in [0.15, 0.2) is 5.69 Å². The number of morpholine rings is 1. The molecule has 3 heterocycles. The number of carbonyl (C=O) groups is 1. The molecule has 1 amide bonds. The van der Waals surface area contributed by atoms with Crippen LogP contribution in [0, 0.1) is 0 Å². The van der Waals surface area contributed by atoms with E-state index in [4.69, 9.17) is 9.47 Å². The Bertz CT molecular complexity index is 623. The fourth-order valence-corrected chi connectivity index (χ4v) is 3.30. The molecule has 9 heteroatoms. The van der Waals surface area contributed by atoms with Crippen molar-refractivity contribution in [3.05, 3.63) is 17.5 Å². The van der Waals surface area contributed by atoms with Gasteiger partial charge in [-0.05, 0) is 13.8 Å². The molecule has 0 saturated carbocycles. The Kier molecular flexibility index (Phi) is 4.33. The number of ether oxygens (including phenoxy) is 2. The second kappa shape index (κ2) is 6.03. The van der Waals surface area contributed by atoms with Crippen molar-refractivity contribution in [3.8, 4) is 0 Å². The summed E-state index contributed by atoms with van der Waals surface area (Å²) in [6, 6.07) is 0. The van der Waals surface area contributed by atoms with Gasteiger partial charge in [-0.3, -0.25) is 9.48 Å². The Labute approximate surface area is 137 Å². The smallest absolute Gasteiger partial charge is 0.378 e. The Morgan fingerprint density at radius 1 is 1.50 bits per heavy atom. The molecule has 0 radical (unpaired) electrons. The highest BCUT2D eigenvalue weighted by Crippen LogP contribution is 2.34. The molecule has 2 aliphatic rings. The Morgan fingerprint density at radius 2 is 2.25 bits per heavy atom. The molecule has 0 unspecified atom stereocenters. The molecule has 0 aliphatic carbocycles. The lowest BCUT2D eigenvalue weighted by Crippen LogP contribution is -2.57. The summed E-state index contributed by atoms with van der Waals surface area (Å²) in [6.07, 6.45) is -3.14. The van der Waals surface area contributed by atoms with Gasteiger partial charge in [0.2, 0.25) is 0 Å². The molecule has 2 aliphatic heterocycles. The molecule has 2 fully saturated rings. The van der Waals surface area contributed by atoms with E-state index < -0.39 is 28.9 Å². The van der Waals surface area contributed by atoms with Crippen LogP contribution in [0.1, 0.15) is 36.3 Å². The number of amides is 1. The molecule has 6 nitrogen and oxygen atoms in total. The van der Waals surface area contributed by atoms with Gasteiger partial charge in [0.25, 0.3) is 5.91 Å². The van der Waals surface area contributed by atoms with E-state index in [1.54, 1.807) is 13.8 Å². The largest absolute Gasteiger partial charge is 0.435 e. The van der Waals surface area contributed by atoms with Gasteiger partial charge in [0, 0.05) is 32.3 Å². The highest BCUT2D eigenvalue weighted by Gasteiger charge is 2.46. The van der Waals surface area contributed by atoms with Crippen molar-refractivity contribution >= 4 is 5.91 Å². The van der Waals surface area contributed by atoms with Crippen LogP contribution in [0.15, 0.2) is 6.20 Å². The quantitative estimate of drug-likeness (QED) is 0.820. The van der Waals surface area contributed by atoms with Crippen LogP contribution in [0.4, 0.5) is 13.2 Å². The van der Waals surface area contributed by atoms with Crippen molar-refractivity contribution in [2.45, 2.75) is 44.7 Å². The summed E-state index contributed by atoms with van der Waals surface area (Å²) in [5.41, 5.74) is -2.16. The predicted octanol–water partition coefficient (Wildman–Crippen LogP) is 1.94. The van der Waals surface area contributed by atoms with E-state index in [2.05, 4.69) is 5.10 Å². The fraction of sp³-hybridized carbons (Fsp3) is 0.733. The van der Waals surface area contributed by atoms with Gasteiger partial charge in [-0.25, -0.2) is 0 Å². The SMILES string of the molecule is CCn1cc(C(=O)N2C[C@@H](C)O[C@]3(CCOC3)C2)c(C(F)(F)F)n1. The normalized spacial score (nSPS) is 27.9. The number of alkyl halides is 3. The Morgan fingerprint density at radius 3 is 2.83 bits per heavy atom. The molecule has 0 bridgehead atoms. The van der Waals surface area contributed by atoms with Gasteiger partial charge in [-0.2, -0.15) is 18.3 Å². The minimum Gasteiger partial charge on any atom is -0.378 e. The van der Waals surface area contributed by atoms with Gasteiger partial charge in [0.05, 0.1) is 24.8 Å². The van der Waals surface area contributed by atoms with E-state index >= 15 is 0 Å². The number of carbonyl (C=O) groups excluding carboxylic acids is 1. The number of hydrogen-bond donors (Lipinski definition) is 0. The summed E-state index contributed by atoms with van der Waals surface area (Å²) < 4.78 is 52.0. The maximum Gasteiger partial charge on any atom is 0.435 e. The van der Waals surface area contributed by atoms with E-state index in [0.717, 1.165) is 4.68 Å². The first-order chi connectivity index (χ1) is 11.2. The van der Waals surface area contributed by atoms with Crippen molar-refractivity contribution in [2.24, 2.45) is 0 Å². The van der Waals surface area contributed by atoms with Crippen LogP contribution < -0.4 is 0 Å². The third-order valence-corrected chi connectivity index (χ3v) is 4.35. The second-order valence-electron chi connectivity index (χ2n) is 6.34. The predicted molar refractivity (Wildman–Crippen MR) is 77.5 cm³/mol. The zero-order chi connectivity index (χ0) is 17.5. The maximum atomic E-state index is 13.2. The van der Waals surface area contributed by atoms with Crippen molar-refractivity contribution in [3.63, 3.8) is 0 Å². The van der Waals surface area contributed by atoms with Crippen LogP contribution >= 0.6 is 0 Å². The monoisotopic (exact) mass is 347 g/mol. The lowest BCUT2D eigenvalue weighted by atomic mass is 9.98. The molecule has 134 valence electrons. The summed E-state index contributed by atoms with van der Waals surface area (Å²) in [4.78, 5) is 14.2. The van der Waals surface area contributed by atoms with Crippen molar-refractivity contribution < 1.29 is 27.4 Å². The lowest BCUT2D eigenvalue weighted by molar-refractivity contribution is -0.143. The van der Waals surface area contributed by atoms with Gasteiger partial charge < -0.3 is 14.4 Å². The van der Waals surface area contributed by atoms with Crippen LogP contribution in [-0.4, -0.2) is 58.6 Å². The fourth-order valence-electron chi connectivity index (χ4n) is 3.30. The second-order valence-corrected chi connectivity index (χ2v) is 6.34. The molecule has 0 N–H and O–H groups in total. The Hall–Kier alpha value is -1.61. The van der Waals surface area contributed by atoms with E-state index in [9.17, 15) is 18.0 Å². The molecule has 2 atom stereocenters.